The predicted molar refractivity (Wildman–Crippen MR) is 126 cm³/mol. The van der Waals surface area contributed by atoms with Crippen molar-refractivity contribution in [1.29, 1.82) is 0 Å². The number of benzene rings is 2. The molecule has 6 nitrogen and oxygen atoms in total. The molecule has 0 aliphatic rings. The quantitative estimate of drug-likeness (QED) is 0.271. The molecule has 3 aromatic rings. The zero-order chi connectivity index (χ0) is 22.7. The highest BCUT2D eigenvalue weighted by Crippen LogP contribution is 2.28. The third-order valence-electron chi connectivity index (χ3n) is 4.32. The SMILES string of the molecule is Cc1cc(/C=N\NC(=O)C(=O)Nc2cc(Cl)cc(Cl)c2)c(C)n1-c1ccc(Cl)cc1Cl. The molecule has 2 amide bonds. The van der Waals surface area contributed by atoms with Crippen molar-refractivity contribution >= 4 is 70.1 Å². The second kappa shape index (κ2) is 9.75. The van der Waals surface area contributed by atoms with Crippen LogP contribution in [0, 0.1) is 13.8 Å². The van der Waals surface area contributed by atoms with Crippen molar-refractivity contribution < 1.29 is 9.59 Å². The number of hydrogen-bond acceptors (Lipinski definition) is 3. The first-order valence-corrected chi connectivity index (χ1v) is 10.4. The standard InChI is InChI=1S/C21H16Cl4N4O2/c1-11-5-13(12(2)29(11)19-4-3-14(22)9-18(19)25)10-26-28-21(31)20(30)27-17-7-15(23)6-16(24)8-17/h3-10H,1-2H3,(H,27,30)(H,28,31)/b26-10-. The maximum atomic E-state index is 12.0. The summed E-state index contributed by atoms with van der Waals surface area (Å²) in [5.41, 5.74) is 5.75. The van der Waals surface area contributed by atoms with E-state index in [1.165, 1.54) is 24.4 Å². The summed E-state index contributed by atoms with van der Waals surface area (Å²) < 4.78 is 1.94. The van der Waals surface area contributed by atoms with Gasteiger partial charge in [0.15, 0.2) is 0 Å². The minimum absolute atomic E-state index is 0.296. The molecule has 0 saturated heterocycles. The fourth-order valence-corrected chi connectivity index (χ4v) is 4.00. The Morgan fingerprint density at radius 3 is 2.23 bits per heavy atom. The van der Waals surface area contributed by atoms with Crippen molar-refractivity contribution in [1.82, 2.24) is 9.99 Å². The number of carbonyl (C=O) groups excluding carboxylic acids is 2. The summed E-state index contributed by atoms with van der Waals surface area (Å²) in [5.74, 6) is -1.85. The molecule has 0 saturated carbocycles. The number of amides is 2. The Morgan fingerprint density at radius 1 is 0.903 bits per heavy atom. The van der Waals surface area contributed by atoms with Gasteiger partial charge in [0.05, 0.1) is 16.9 Å². The summed E-state index contributed by atoms with van der Waals surface area (Å²) >= 11 is 24.1. The van der Waals surface area contributed by atoms with E-state index in [-0.39, 0.29) is 0 Å². The Labute approximate surface area is 198 Å². The molecule has 0 fully saturated rings. The Morgan fingerprint density at radius 2 is 1.58 bits per heavy atom. The molecule has 10 heteroatoms. The van der Waals surface area contributed by atoms with Gasteiger partial charge in [-0.25, -0.2) is 5.43 Å². The van der Waals surface area contributed by atoms with Crippen LogP contribution >= 0.6 is 46.4 Å². The summed E-state index contributed by atoms with van der Waals surface area (Å²) in [7, 11) is 0. The number of nitrogens with zero attached hydrogens (tertiary/aromatic N) is 2. The molecule has 1 aromatic heterocycles. The van der Waals surface area contributed by atoms with Crippen LogP contribution in [0.15, 0.2) is 47.6 Å². The van der Waals surface area contributed by atoms with Crippen molar-refractivity contribution in [3.63, 3.8) is 0 Å². The first-order chi connectivity index (χ1) is 14.7. The van der Waals surface area contributed by atoms with E-state index < -0.39 is 11.8 Å². The van der Waals surface area contributed by atoms with Crippen LogP contribution in [0.4, 0.5) is 5.69 Å². The third-order valence-corrected chi connectivity index (χ3v) is 5.29. The molecule has 31 heavy (non-hydrogen) atoms. The highest BCUT2D eigenvalue weighted by Gasteiger charge is 2.15. The molecule has 0 bridgehead atoms. The van der Waals surface area contributed by atoms with Crippen molar-refractivity contribution in [3.05, 3.63) is 79.5 Å². The Hall–Kier alpha value is -2.51. The number of anilines is 1. The van der Waals surface area contributed by atoms with E-state index >= 15 is 0 Å². The molecular weight excluding hydrogens is 482 g/mol. The summed E-state index contributed by atoms with van der Waals surface area (Å²) in [4.78, 5) is 24.1. The molecule has 160 valence electrons. The van der Waals surface area contributed by atoms with Gasteiger partial charge in [-0.05, 0) is 56.3 Å². The van der Waals surface area contributed by atoms with Gasteiger partial charge in [-0.1, -0.05) is 46.4 Å². The molecule has 0 unspecified atom stereocenters. The first-order valence-electron chi connectivity index (χ1n) is 8.90. The van der Waals surface area contributed by atoms with Crippen LogP contribution in [0.5, 0.6) is 0 Å². The largest absolute Gasteiger partial charge is 0.329 e. The average molecular weight is 498 g/mol. The molecule has 0 spiro atoms. The van der Waals surface area contributed by atoms with E-state index in [4.69, 9.17) is 46.4 Å². The number of halogens is 4. The van der Waals surface area contributed by atoms with E-state index in [0.717, 1.165) is 22.6 Å². The van der Waals surface area contributed by atoms with Gasteiger partial charge < -0.3 is 9.88 Å². The zero-order valence-corrected chi connectivity index (χ0v) is 19.4. The summed E-state index contributed by atoms with van der Waals surface area (Å²) in [6.45, 7) is 3.80. The monoisotopic (exact) mass is 496 g/mol. The van der Waals surface area contributed by atoms with Crippen LogP contribution in [0.1, 0.15) is 17.0 Å². The van der Waals surface area contributed by atoms with Crippen LogP contribution in [0.3, 0.4) is 0 Å². The predicted octanol–water partition coefficient (Wildman–Crippen LogP) is 5.80. The number of nitrogens with one attached hydrogen (secondary N) is 2. The zero-order valence-electron chi connectivity index (χ0n) is 16.3. The van der Waals surface area contributed by atoms with Crippen molar-refractivity contribution in [3.8, 4) is 5.69 Å². The van der Waals surface area contributed by atoms with Gasteiger partial charge in [0, 0.05) is 37.7 Å². The molecule has 0 aliphatic heterocycles. The fraction of sp³-hybridized carbons (Fsp3) is 0.0952. The summed E-state index contributed by atoms with van der Waals surface area (Å²) in [6.07, 6.45) is 1.45. The van der Waals surface area contributed by atoms with Crippen LogP contribution in [0.2, 0.25) is 20.1 Å². The van der Waals surface area contributed by atoms with Crippen LogP contribution < -0.4 is 10.7 Å². The number of aromatic nitrogens is 1. The molecule has 2 aromatic carbocycles. The normalized spacial score (nSPS) is 11.0. The van der Waals surface area contributed by atoms with Crippen LogP contribution in [-0.2, 0) is 9.59 Å². The van der Waals surface area contributed by atoms with Crippen LogP contribution in [-0.4, -0.2) is 22.6 Å². The van der Waals surface area contributed by atoms with E-state index in [0.29, 0.717) is 25.8 Å². The van der Waals surface area contributed by atoms with Crippen molar-refractivity contribution in [2.75, 3.05) is 5.32 Å². The maximum Gasteiger partial charge on any atom is 0.329 e. The van der Waals surface area contributed by atoms with Gasteiger partial charge in [0.2, 0.25) is 0 Å². The lowest BCUT2D eigenvalue weighted by atomic mass is 10.2. The van der Waals surface area contributed by atoms with Gasteiger partial charge in [-0.15, -0.1) is 0 Å². The minimum atomic E-state index is -0.943. The number of hydrazone groups is 1. The van der Waals surface area contributed by atoms with Gasteiger partial charge in [-0.2, -0.15) is 5.10 Å². The lowest BCUT2D eigenvalue weighted by Gasteiger charge is -2.11. The number of rotatable bonds is 4. The average Bonchev–Trinajstić information content (AvgIpc) is 2.94. The second-order valence-electron chi connectivity index (χ2n) is 6.57. The number of carbonyl (C=O) groups is 2. The molecular formula is C21H16Cl4N4O2. The van der Waals surface area contributed by atoms with Crippen molar-refractivity contribution in [2.24, 2.45) is 5.10 Å². The van der Waals surface area contributed by atoms with E-state index in [9.17, 15) is 9.59 Å². The Bertz CT molecular complexity index is 1180. The maximum absolute atomic E-state index is 12.0. The van der Waals surface area contributed by atoms with Gasteiger partial charge in [-0.3, -0.25) is 9.59 Å². The molecule has 0 atom stereocenters. The van der Waals surface area contributed by atoms with Crippen LogP contribution in [0.25, 0.3) is 5.69 Å². The van der Waals surface area contributed by atoms with Gasteiger partial charge in [0.25, 0.3) is 0 Å². The molecule has 0 radical (unpaired) electrons. The topological polar surface area (TPSA) is 75.5 Å². The lowest BCUT2D eigenvalue weighted by molar-refractivity contribution is -0.136. The van der Waals surface area contributed by atoms with E-state index in [1.807, 2.05) is 30.5 Å². The Balaban J connectivity index is 1.71. The highest BCUT2D eigenvalue weighted by molar-refractivity contribution is 6.40. The first kappa shape index (κ1) is 23.2. The van der Waals surface area contributed by atoms with E-state index in [1.54, 1.807) is 12.1 Å². The molecule has 3 rings (SSSR count). The third kappa shape index (κ3) is 5.60. The second-order valence-corrected chi connectivity index (χ2v) is 8.29. The van der Waals surface area contributed by atoms with Gasteiger partial charge in [0.1, 0.15) is 0 Å². The summed E-state index contributed by atoms with van der Waals surface area (Å²) in [5, 5.41) is 7.99. The lowest BCUT2D eigenvalue weighted by Crippen LogP contribution is -2.32. The molecule has 1 heterocycles. The smallest absolute Gasteiger partial charge is 0.318 e. The molecule has 2 N–H and O–H groups in total. The van der Waals surface area contributed by atoms with Crippen molar-refractivity contribution in [2.45, 2.75) is 13.8 Å². The Kier molecular flexibility index (Phi) is 7.28. The summed E-state index contributed by atoms with van der Waals surface area (Å²) in [6, 6.07) is 11.6. The molecule has 0 aliphatic carbocycles. The minimum Gasteiger partial charge on any atom is -0.318 e. The fourth-order valence-electron chi connectivity index (χ4n) is 2.98. The number of aryl methyl sites for hydroxylation is 1. The number of hydrogen-bond donors (Lipinski definition) is 2. The van der Waals surface area contributed by atoms with Gasteiger partial charge >= 0.3 is 11.8 Å². The van der Waals surface area contributed by atoms with E-state index in [2.05, 4.69) is 15.8 Å². The highest BCUT2D eigenvalue weighted by atomic mass is 35.5.